The highest BCUT2D eigenvalue weighted by molar-refractivity contribution is 7.99. The van der Waals surface area contributed by atoms with Crippen LogP contribution in [0.25, 0.3) is 10.9 Å². The van der Waals surface area contributed by atoms with Gasteiger partial charge in [0.15, 0.2) is 28.5 Å². The normalized spacial score (nSPS) is 30.3. The summed E-state index contributed by atoms with van der Waals surface area (Å²) in [4.78, 5) is 36.6. The molecular formula is C42H47N5O8S. The van der Waals surface area contributed by atoms with Crippen LogP contribution in [0.2, 0.25) is 0 Å². The lowest BCUT2D eigenvalue weighted by atomic mass is 9.71. The van der Waals surface area contributed by atoms with Gasteiger partial charge in [-0.2, -0.15) is 0 Å². The number of phenols is 1. The van der Waals surface area contributed by atoms with Crippen molar-refractivity contribution in [2.24, 2.45) is 5.73 Å². The highest BCUT2D eigenvalue weighted by Gasteiger charge is 2.61. The van der Waals surface area contributed by atoms with E-state index in [1.54, 1.807) is 18.9 Å². The van der Waals surface area contributed by atoms with E-state index in [1.165, 1.54) is 6.92 Å². The molecule has 2 saturated heterocycles. The van der Waals surface area contributed by atoms with Gasteiger partial charge in [0.2, 0.25) is 6.79 Å². The number of hydrogen-bond acceptors (Lipinski definition) is 13. The summed E-state index contributed by atoms with van der Waals surface area (Å²) < 4.78 is 31.1. The summed E-state index contributed by atoms with van der Waals surface area (Å²) in [5.41, 5.74) is 13.0. The first-order valence-corrected chi connectivity index (χ1v) is 20.4. The van der Waals surface area contributed by atoms with E-state index in [1.807, 2.05) is 32.0 Å². The SMILES string of the molecule is COc1c(C)cc2c(c1O)[C@@H]1C3[C@@H]4SC[C@]5(N[C@H](CN)Cc6c5[nH]c5ccccc65)C(=O)OC[C@@H](c5c6c(c(C)c(OC(C)=O)c54)OCO6)N3[C@@H](C)[C@H](C2)N1C. The minimum Gasteiger partial charge on any atom is -0.504 e. The summed E-state index contributed by atoms with van der Waals surface area (Å²) in [6, 6.07) is 8.99. The number of nitrogens with two attached hydrogens (primary N) is 1. The number of aromatic hydroxyl groups is 1. The number of nitrogens with zero attached hydrogens (tertiary/aromatic N) is 2. The molecular weight excluding hydrogens is 735 g/mol. The zero-order chi connectivity index (χ0) is 38.9. The molecule has 5 N–H and O–H groups in total. The number of phenolic OH excluding ortho intramolecular Hbond substituents is 1. The molecule has 2 fully saturated rings. The van der Waals surface area contributed by atoms with Crippen molar-refractivity contribution in [3.8, 4) is 28.7 Å². The number of fused-ring (bicyclic) bond motifs is 11. The molecule has 3 aromatic carbocycles. The number of hydrogen-bond donors (Lipinski definition) is 4. The van der Waals surface area contributed by atoms with E-state index in [4.69, 9.17) is 29.4 Å². The second-order valence-corrected chi connectivity index (χ2v) is 17.3. The number of piperazine rings is 1. The molecule has 1 spiro atoms. The quantitative estimate of drug-likeness (QED) is 0.169. The molecule has 14 heteroatoms. The fourth-order valence-electron chi connectivity index (χ4n) is 11.1. The van der Waals surface area contributed by atoms with Gasteiger partial charge in [0.25, 0.3) is 0 Å². The fourth-order valence-corrected chi connectivity index (χ4v) is 12.8. The standard InChI is InChI=1S/C42H47N5O8S/c1-18-11-22-12-27-20(3)47-28-15-52-41(50)42(40-25(13-23(14-43)45-42)24-9-7-8-10-26(24)44-40)16-56-39(33(47)32(46(27)5)29(22)34(49)35(18)51-6)31-30(28)38-37(53-17-54-38)19(2)36(31)55-21(4)48/h7-11,20,23,27-28,32-33,39,44-45,49H,12-17,43H2,1-6H3/t20-,23-,27-,28-,32+,33?,39+,42+/m0/s1. The van der Waals surface area contributed by atoms with Crippen LogP contribution in [0, 0.1) is 13.8 Å². The minimum absolute atomic E-state index is 0.00602. The van der Waals surface area contributed by atoms with E-state index < -0.39 is 22.8 Å². The Morgan fingerprint density at radius 1 is 1.11 bits per heavy atom. The van der Waals surface area contributed by atoms with E-state index in [-0.39, 0.29) is 61.1 Å². The van der Waals surface area contributed by atoms with Gasteiger partial charge in [0, 0.05) is 76.5 Å². The molecule has 294 valence electrons. The van der Waals surface area contributed by atoms with Crippen molar-refractivity contribution < 1.29 is 38.4 Å². The largest absolute Gasteiger partial charge is 0.504 e. The number of aryl methyl sites for hydroxylation is 1. The number of methoxy groups -OCH3 is 1. The first-order chi connectivity index (χ1) is 27.0. The number of esters is 2. The molecule has 56 heavy (non-hydrogen) atoms. The van der Waals surface area contributed by atoms with Gasteiger partial charge in [0.1, 0.15) is 12.4 Å². The summed E-state index contributed by atoms with van der Waals surface area (Å²) in [6.07, 6.45) is 1.37. The first kappa shape index (κ1) is 35.9. The van der Waals surface area contributed by atoms with Gasteiger partial charge in [-0.15, -0.1) is 11.8 Å². The van der Waals surface area contributed by atoms with Crippen molar-refractivity contribution in [3.63, 3.8) is 0 Å². The summed E-state index contributed by atoms with van der Waals surface area (Å²) in [5.74, 6) is 1.56. The zero-order valence-corrected chi connectivity index (χ0v) is 33.2. The van der Waals surface area contributed by atoms with Crippen LogP contribution in [0.5, 0.6) is 28.7 Å². The molecule has 1 unspecified atom stereocenters. The van der Waals surface area contributed by atoms with Gasteiger partial charge in [-0.05, 0) is 63.4 Å². The number of benzene rings is 3. The Bertz CT molecular complexity index is 2350. The molecule has 8 atom stereocenters. The van der Waals surface area contributed by atoms with Crippen LogP contribution >= 0.6 is 11.8 Å². The maximum atomic E-state index is 15.0. The van der Waals surface area contributed by atoms with Crippen molar-refractivity contribution in [3.05, 3.63) is 75.0 Å². The number of ether oxygens (including phenoxy) is 5. The topological polar surface area (TPSA) is 161 Å². The fraction of sp³-hybridized carbons (Fsp3) is 0.476. The van der Waals surface area contributed by atoms with Gasteiger partial charge in [-0.25, -0.2) is 4.79 Å². The Hall–Kier alpha value is -4.47. The van der Waals surface area contributed by atoms with E-state index in [0.29, 0.717) is 47.9 Å². The number of carbonyl (C=O) groups excluding carboxylic acids is 2. The molecule has 4 bridgehead atoms. The Kier molecular flexibility index (Phi) is 8.19. The number of H-pyrrole nitrogens is 1. The van der Waals surface area contributed by atoms with Gasteiger partial charge in [-0.1, -0.05) is 24.3 Å². The molecule has 4 aromatic rings. The zero-order valence-electron chi connectivity index (χ0n) is 32.4. The van der Waals surface area contributed by atoms with Gasteiger partial charge in [-0.3, -0.25) is 19.9 Å². The molecule has 1 aromatic heterocycles. The Balaban J connectivity index is 1.25. The Morgan fingerprint density at radius 3 is 2.66 bits per heavy atom. The molecule has 11 rings (SSSR count). The maximum Gasteiger partial charge on any atom is 0.333 e. The number of thioether (sulfide) groups is 1. The van der Waals surface area contributed by atoms with Crippen LogP contribution in [0.3, 0.4) is 0 Å². The summed E-state index contributed by atoms with van der Waals surface area (Å²) >= 11 is 1.63. The Morgan fingerprint density at radius 2 is 1.89 bits per heavy atom. The van der Waals surface area contributed by atoms with Crippen LogP contribution in [0.15, 0.2) is 30.3 Å². The summed E-state index contributed by atoms with van der Waals surface area (Å²) in [5, 5.41) is 16.5. The van der Waals surface area contributed by atoms with Crippen LogP contribution < -0.4 is 30.0 Å². The molecule has 8 heterocycles. The van der Waals surface area contributed by atoms with E-state index in [9.17, 15) is 9.90 Å². The molecule has 0 radical (unpaired) electrons. The van der Waals surface area contributed by atoms with Crippen LogP contribution in [0.4, 0.5) is 0 Å². The third-order valence-corrected chi connectivity index (χ3v) is 14.9. The monoisotopic (exact) mass is 781 g/mol. The average Bonchev–Trinajstić information content (AvgIpc) is 3.82. The minimum atomic E-state index is -1.28. The highest BCUT2D eigenvalue weighted by Crippen LogP contribution is 2.64. The number of carbonyl (C=O) groups is 2. The molecule has 7 aliphatic rings. The molecule has 0 saturated carbocycles. The van der Waals surface area contributed by atoms with Crippen molar-refractivity contribution in [2.75, 3.05) is 39.9 Å². The predicted molar refractivity (Wildman–Crippen MR) is 210 cm³/mol. The molecule has 0 aliphatic carbocycles. The van der Waals surface area contributed by atoms with E-state index in [0.717, 1.165) is 50.0 Å². The van der Waals surface area contributed by atoms with Crippen molar-refractivity contribution >= 4 is 34.6 Å². The number of aromatic nitrogens is 1. The lowest BCUT2D eigenvalue weighted by molar-refractivity contribution is -0.158. The number of aromatic amines is 1. The van der Waals surface area contributed by atoms with E-state index in [2.05, 4.69) is 46.2 Å². The number of rotatable bonds is 3. The van der Waals surface area contributed by atoms with Gasteiger partial charge in [0.05, 0.1) is 30.1 Å². The third-order valence-electron chi connectivity index (χ3n) is 13.4. The number of nitrogens with one attached hydrogen (secondary N) is 2. The number of para-hydroxylation sites is 1. The van der Waals surface area contributed by atoms with E-state index >= 15 is 4.79 Å². The van der Waals surface area contributed by atoms with Crippen LogP contribution in [-0.2, 0) is 32.7 Å². The van der Waals surface area contributed by atoms with Crippen molar-refractivity contribution in [1.29, 1.82) is 0 Å². The smallest absolute Gasteiger partial charge is 0.333 e. The number of likely N-dealkylation sites (N-methyl/N-ethyl adjacent to an activating group) is 1. The third kappa shape index (κ3) is 4.76. The molecule has 7 aliphatic heterocycles. The lowest BCUT2D eigenvalue weighted by Gasteiger charge is -2.63. The van der Waals surface area contributed by atoms with Crippen LogP contribution in [-0.4, -0.2) is 95.9 Å². The second-order valence-electron chi connectivity index (χ2n) is 16.2. The Labute approximate surface area is 329 Å². The second kappa shape index (κ2) is 12.8. The van der Waals surface area contributed by atoms with Crippen LogP contribution in [0.1, 0.15) is 75.8 Å². The lowest BCUT2D eigenvalue weighted by Crippen LogP contribution is -2.69. The predicted octanol–water partition coefficient (Wildman–Crippen LogP) is 4.58. The highest BCUT2D eigenvalue weighted by atomic mass is 32.2. The molecule has 0 amide bonds. The first-order valence-electron chi connectivity index (χ1n) is 19.4. The maximum absolute atomic E-state index is 15.0. The molecule has 13 nitrogen and oxygen atoms in total. The van der Waals surface area contributed by atoms with Crippen molar-refractivity contribution in [2.45, 2.75) is 87.6 Å². The summed E-state index contributed by atoms with van der Waals surface area (Å²) in [6.45, 7) is 7.85. The van der Waals surface area contributed by atoms with Gasteiger partial charge < -0.3 is 39.5 Å². The van der Waals surface area contributed by atoms with Crippen molar-refractivity contribution in [1.82, 2.24) is 20.1 Å². The average molecular weight is 782 g/mol. The summed E-state index contributed by atoms with van der Waals surface area (Å²) in [7, 11) is 3.73. The van der Waals surface area contributed by atoms with Gasteiger partial charge >= 0.3 is 11.9 Å².